The first-order valence-electron chi connectivity index (χ1n) is 4.76. The lowest BCUT2D eigenvalue weighted by atomic mass is 10.2. The summed E-state index contributed by atoms with van der Waals surface area (Å²) in [7, 11) is 0. The Morgan fingerprint density at radius 1 is 1.71 bits per heavy atom. The summed E-state index contributed by atoms with van der Waals surface area (Å²) in [5.74, 6) is 0. The van der Waals surface area contributed by atoms with E-state index in [2.05, 4.69) is 10.3 Å². The second-order valence-corrected chi connectivity index (χ2v) is 5.09. The summed E-state index contributed by atoms with van der Waals surface area (Å²) < 4.78 is 6.15. The lowest BCUT2D eigenvalue weighted by molar-refractivity contribution is 0.105. The van der Waals surface area contributed by atoms with Crippen LogP contribution < -0.4 is 5.32 Å². The van der Waals surface area contributed by atoms with Crippen LogP contribution in [0.1, 0.15) is 17.7 Å². The first-order chi connectivity index (χ1) is 6.84. The average molecular weight is 233 g/mol. The smallest absolute Gasteiger partial charge is 0.183 e. The molecule has 3 nitrogen and oxygen atoms in total. The molecule has 2 heterocycles. The van der Waals surface area contributed by atoms with E-state index >= 15 is 0 Å². The predicted octanol–water partition coefficient (Wildman–Crippen LogP) is 2.07. The van der Waals surface area contributed by atoms with Crippen molar-refractivity contribution in [2.45, 2.75) is 25.5 Å². The highest BCUT2D eigenvalue weighted by Crippen LogP contribution is 2.18. The molecule has 1 atom stereocenters. The largest absolute Gasteiger partial charge is 0.374 e. The summed E-state index contributed by atoms with van der Waals surface area (Å²) in [6.07, 6.45) is 4.26. The molecular formula is C9H13ClN2OS. The lowest BCUT2D eigenvalue weighted by Gasteiger charge is -2.09. The standard InChI is InChI=1S/C9H13ClN2OS/c10-9-12-4-8(14-9)6-13-5-7-2-1-3-11-7/h4,7,11H,1-3,5-6H2. The van der Waals surface area contributed by atoms with Crippen LogP contribution in [0.5, 0.6) is 0 Å². The second kappa shape index (κ2) is 5.07. The molecule has 0 amide bonds. The minimum absolute atomic E-state index is 0.540. The fourth-order valence-electron chi connectivity index (χ4n) is 1.55. The van der Waals surface area contributed by atoms with Gasteiger partial charge in [0.2, 0.25) is 0 Å². The average Bonchev–Trinajstić information content (AvgIpc) is 2.77. The van der Waals surface area contributed by atoms with Crippen LogP contribution >= 0.6 is 22.9 Å². The zero-order chi connectivity index (χ0) is 9.80. The monoisotopic (exact) mass is 232 g/mol. The highest BCUT2D eigenvalue weighted by atomic mass is 35.5. The van der Waals surface area contributed by atoms with Crippen LogP contribution in [0.15, 0.2) is 6.20 Å². The van der Waals surface area contributed by atoms with Gasteiger partial charge >= 0.3 is 0 Å². The van der Waals surface area contributed by atoms with E-state index in [1.165, 1.54) is 24.2 Å². The van der Waals surface area contributed by atoms with Crippen molar-refractivity contribution in [3.8, 4) is 0 Å². The van der Waals surface area contributed by atoms with Crippen molar-refractivity contribution >= 4 is 22.9 Å². The van der Waals surface area contributed by atoms with Gasteiger partial charge < -0.3 is 10.1 Å². The summed E-state index contributed by atoms with van der Waals surface area (Å²) in [6.45, 7) is 2.54. The van der Waals surface area contributed by atoms with Gasteiger partial charge in [-0.3, -0.25) is 0 Å². The summed E-state index contributed by atoms with van der Waals surface area (Å²) in [5, 5.41) is 3.38. The normalized spacial score (nSPS) is 21.6. The number of nitrogens with zero attached hydrogens (tertiary/aromatic N) is 1. The van der Waals surface area contributed by atoms with Gasteiger partial charge in [0.1, 0.15) is 0 Å². The number of aromatic nitrogens is 1. The minimum Gasteiger partial charge on any atom is -0.374 e. The van der Waals surface area contributed by atoms with Crippen LogP contribution in [-0.4, -0.2) is 24.2 Å². The van der Waals surface area contributed by atoms with Crippen molar-refractivity contribution in [1.29, 1.82) is 0 Å². The number of halogens is 1. The van der Waals surface area contributed by atoms with E-state index in [-0.39, 0.29) is 0 Å². The van der Waals surface area contributed by atoms with Gasteiger partial charge in [0.15, 0.2) is 4.47 Å². The third-order valence-electron chi connectivity index (χ3n) is 2.25. The van der Waals surface area contributed by atoms with Crippen LogP contribution in [0, 0.1) is 0 Å². The van der Waals surface area contributed by atoms with E-state index in [4.69, 9.17) is 16.3 Å². The minimum atomic E-state index is 0.540. The number of thiazole rings is 1. The van der Waals surface area contributed by atoms with Gasteiger partial charge in [-0.25, -0.2) is 4.98 Å². The Balaban J connectivity index is 1.67. The van der Waals surface area contributed by atoms with E-state index in [0.29, 0.717) is 17.1 Å². The SMILES string of the molecule is Clc1ncc(COCC2CCCN2)s1. The molecule has 0 aliphatic carbocycles. The van der Waals surface area contributed by atoms with E-state index in [9.17, 15) is 0 Å². The molecule has 1 aromatic rings. The summed E-state index contributed by atoms with van der Waals surface area (Å²) in [4.78, 5) is 5.05. The van der Waals surface area contributed by atoms with E-state index in [0.717, 1.165) is 18.0 Å². The first kappa shape index (κ1) is 10.4. The fraction of sp³-hybridized carbons (Fsp3) is 0.667. The molecule has 1 aromatic heterocycles. The topological polar surface area (TPSA) is 34.1 Å². The van der Waals surface area contributed by atoms with E-state index in [1.54, 1.807) is 6.20 Å². The van der Waals surface area contributed by atoms with Crippen LogP contribution in [-0.2, 0) is 11.3 Å². The van der Waals surface area contributed by atoms with Gasteiger partial charge in [-0.2, -0.15) is 0 Å². The molecule has 0 aromatic carbocycles. The van der Waals surface area contributed by atoms with Gasteiger partial charge in [0.05, 0.1) is 18.1 Å². The number of hydrogen-bond acceptors (Lipinski definition) is 4. The molecule has 5 heteroatoms. The highest BCUT2D eigenvalue weighted by Gasteiger charge is 2.13. The van der Waals surface area contributed by atoms with Crippen molar-refractivity contribution in [2.75, 3.05) is 13.2 Å². The molecule has 1 unspecified atom stereocenters. The number of hydrogen-bond donors (Lipinski definition) is 1. The van der Waals surface area contributed by atoms with E-state index < -0.39 is 0 Å². The molecular weight excluding hydrogens is 220 g/mol. The van der Waals surface area contributed by atoms with Crippen molar-refractivity contribution < 1.29 is 4.74 Å². The van der Waals surface area contributed by atoms with Crippen molar-refractivity contribution in [1.82, 2.24) is 10.3 Å². The van der Waals surface area contributed by atoms with Gasteiger partial charge in [-0.05, 0) is 19.4 Å². The van der Waals surface area contributed by atoms with Crippen LogP contribution in [0.4, 0.5) is 0 Å². The maximum Gasteiger partial charge on any atom is 0.183 e. The maximum absolute atomic E-state index is 5.71. The molecule has 1 saturated heterocycles. The third kappa shape index (κ3) is 2.92. The lowest BCUT2D eigenvalue weighted by Crippen LogP contribution is -2.26. The molecule has 0 radical (unpaired) electrons. The highest BCUT2D eigenvalue weighted by molar-refractivity contribution is 7.15. The Labute approximate surface area is 92.4 Å². The van der Waals surface area contributed by atoms with Gasteiger partial charge in [0, 0.05) is 12.2 Å². The first-order valence-corrected chi connectivity index (χ1v) is 5.95. The van der Waals surface area contributed by atoms with Crippen LogP contribution in [0.3, 0.4) is 0 Å². The molecule has 0 saturated carbocycles. The Kier molecular flexibility index (Phi) is 3.75. The van der Waals surface area contributed by atoms with Gasteiger partial charge in [0.25, 0.3) is 0 Å². The van der Waals surface area contributed by atoms with Crippen molar-refractivity contribution in [3.63, 3.8) is 0 Å². The molecule has 0 bridgehead atoms. The molecule has 0 spiro atoms. The Bertz CT molecular complexity index is 286. The zero-order valence-electron chi connectivity index (χ0n) is 7.83. The second-order valence-electron chi connectivity index (χ2n) is 3.39. The fourth-order valence-corrected chi connectivity index (χ4v) is 2.47. The van der Waals surface area contributed by atoms with Gasteiger partial charge in [-0.1, -0.05) is 11.6 Å². The number of rotatable bonds is 4. The molecule has 78 valence electrons. The molecule has 1 N–H and O–H groups in total. The van der Waals surface area contributed by atoms with Crippen molar-refractivity contribution in [3.05, 3.63) is 15.5 Å². The maximum atomic E-state index is 5.71. The van der Waals surface area contributed by atoms with Crippen molar-refractivity contribution in [2.24, 2.45) is 0 Å². The van der Waals surface area contributed by atoms with Crippen LogP contribution in [0.2, 0.25) is 4.47 Å². The predicted molar refractivity (Wildman–Crippen MR) is 57.8 cm³/mol. The third-order valence-corrected chi connectivity index (χ3v) is 3.34. The molecule has 1 aliphatic heterocycles. The molecule has 1 aliphatic rings. The Hall–Kier alpha value is -0.160. The molecule has 2 rings (SSSR count). The van der Waals surface area contributed by atoms with Crippen LogP contribution in [0.25, 0.3) is 0 Å². The molecule has 1 fully saturated rings. The summed E-state index contributed by atoms with van der Waals surface area (Å²) >= 11 is 7.19. The summed E-state index contributed by atoms with van der Waals surface area (Å²) in [6, 6.07) is 0.540. The summed E-state index contributed by atoms with van der Waals surface area (Å²) in [5.41, 5.74) is 0. The zero-order valence-corrected chi connectivity index (χ0v) is 9.40. The number of ether oxygens (including phenoxy) is 1. The van der Waals surface area contributed by atoms with E-state index in [1.807, 2.05) is 0 Å². The van der Waals surface area contributed by atoms with Gasteiger partial charge in [-0.15, -0.1) is 11.3 Å². The molecule has 14 heavy (non-hydrogen) atoms. The number of nitrogens with one attached hydrogen (secondary N) is 1. The quantitative estimate of drug-likeness (QED) is 0.863. The Morgan fingerprint density at radius 2 is 2.64 bits per heavy atom. The Morgan fingerprint density at radius 3 is 3.29 bits per heavy atom.